The Hall–Kier alpha value is -3.05. The van der Waals surface area contributed by atoms with Crippen LogP contribution in [0.1, 0.15) is 0 Å². The third-order valence-electron chi connectivity index (χ3n) is 4.28. The first-order valence-corrected chi connectivity index (χ1v) is 10.9. The van der Waals surface area contributed by atoms with Gasteiger partial charge in [-0.2, -0.15) is 0 Å². The normalized spacial score (nSPS) is 13.4. The summed E-state index contributed by atoms with van der Waals surface area (Å²) in [5.41, 5.74) is 0.695. The molecule has 1 aromatic carbocycles. The lowest BCUT2D eigenvalue weighted by Gasteiger charge is -2.31. The van der Waals surface area contributed by atoms with E-state index >= 15 is 0 Å². The van der Waals surface area contributed by atoms with Crippen LogP contribution in [-0.2, 0) is 10.0 Å². The summed E-state index contributed by atoms with van der Waals surface area (Å²) in [7, 11) is -0.664. The van der Waals surface area contributed by atoms with Crippen molar-refractivity contribution in [3.63, 3.8) is 0 Å². The average molecular weight is 434 g/mol. The Labute approximate surface area is 171 Å². The Morgan fingerprint density at radius 2 is 2.07 bits per heavy atom. The van der Waals surface area contributed by atoms with E-state index in [2.05, 4.69) is 14.7 Å². The molecule has 0 bridgehead atoms. The number of hydrogen-bond acceptors (Lipinski definition) is 9. The Balaban J connectivity index is 1.69. The number of ether oxygens (including phenoxy) is 3. The summed E-state index contributed by atoms with van der Waals surface area (Å²) in [6, 6.07) is 6.45. The van der Waals surface area contributed by atoms with Crippen LogP contribution in [0, 0.1) is 0 Å². The molecule has 3 aromatic rings. The van der Waals surface area contributed by atoms with Crippen molar-refractivity contribution >= 4 is 38.0 Å². The molecule has 9 nitrogen and oxygen atoms in total. The first kappa shape index (κ1) is 19.3. The molecule has 0 amide bonds. The van der Waals surface area contributed by atoms with Crippen molar-refractivity contribution in [1.82, 2.24) is 9.97 Å². The predicted molar refractivity (Wildman–Crippen MR) is 109 cm³/mol. The predicted octanol–water partition coefficient (Wildman–Crippen LogP) is 2.89. The third-order valence-corrected chi connectivity index (χ3v) is 6.43. The van der Waals surface area contributed by atoms with Gasteiger partial charge >= 0.3 is 0 Å². The minimum absolute atomic E-state index is 0.0861. The number of thiazole rings is 1. The van der Waals surface area contributed by atoms with Gasteiger partial charge in [0.2, 0.25) is 0 Å². The first-order chi connectivity index (χ1) is 14.0. The number of sulfonamides is 1. The second-order valence-corrected chi connectivity index (χ2v) is 8.55. The standard InChI is InChI=1S/C18H18N4O5S2/c1-25-12-9-16(26-2)17(20-11-12)22-6-7-27-15-10-13(3-4-14(15)22)29(23,24)21-18-19-5-8-28-18/h3-5,8-11H,6-7H2,1-2H3,(H,19,21). The van der Waals surface area contributed by atoms with Crippen LogP contribution in [0.5, 0.6) is 17.2 Å². The molecule has 2 aromatic heterocycles. The van der Waals surface area contributed by atoms with Gasteiger partial charge in [-0.25, -0.2) is 18.4 Å². The molecule has 152 valence electrons. The highest BCUT2D eigenvalue weighted by Crippen LogP contribution is 2.41. The quantitative estimate of drug-likeness (QED) is 0.632. The molecule has 0 saturated carbocycles. The maximum absolute atomic E-state index is 12.6. The molecule has 0 spiro atoms. The Morgan fingerprint density at radius 3 is 2.79 bits per heavy atom. The summed E-state index contributed by atoms with van der Waals surface area (Å²) in [5.74, 6) is 2.15. The summed E-state index contributed by atoms with van der Waals surface area (Å²) in [6.07, 6.45) is 3.13. The van der Waals surface area contributed by atoms with Gasteiger partial charge in [0.05, 0.1) is 37.5 Å². The van der Waals surface area contributed by atoms with Crippen LogP contribution < -0.4 is 23.8 Å². The highest BCUT2D eigenvalue weighted by atomic mass is 32.2. The molecule has 0 atom stereocenters. The van der Waals surface area contributed by atoms with E-state index in [9.17, 15) is 8.42 Å². The van der Waals surface area contributed by atoms with Crippen molar-refractivity contribution in [2.75, 3.05) is 37.0 Å². The minimum Gasteiger partial charge on any atom is -0.495 e. The number of fused-ring (bicyclic) bond motifs is 1. The lowest BCUT2D eigenvalue weighted by molar-refractivity contribution is 0.311. The van der Waals surface area contributed by atoms with E-state index in [0.717, 1.165) is 0 Å². The topological polar surface area (TPSA) is 103 Å². The van der Waals surface area contributed by atoms with Gasteiger partial charge in [-0.1, -0.05) is 0 Å². The number of aromatic nitrogens is 2. The summed E-state index contributed by atoms with van der Waals surface area (Å²) in [5, 5.41) is 2.00. The number of nitrogens with zero attached hydrogens (tertiary/aromatic N) is 3. The molecule has 11 heteroatoms. The number of anilines is 3. The van der Waals surface area contributed by atoms with Crippen molar-refractivity contribution in [3.8, 4) is 17.2 Å². The van der Waals surface area contributed by atoms with Gasteiger partial charge < -0.3 is 19.1 Å². The van der Waals surface area contributed by atoms with Crippen LogP contribution in [-0.4, -0.2) is 45.8 Å². The Morgan fingerprint density at radius 1 is 1.21 bits per heavy atom. The largest absolute Gasteiger partial charge is 0.495 e. The molecular weight excluding hydrogens is 416 g/mol. The molecule has 29 heavy (non-hydrogen) atoms. The molecule has 0 unspecified atom stereocenters. The second kappa shape index (κ2) is 7.76. The number of hydrogen-bond donors (Lipinski definition) is 1. The molecule has 0 radical (unpaired) electrons. The summed E-state index contributed by atoms with van der Waals surface area (Å²) in [6.45, 7) is 0.902. The molecule has 3 heterocycles. The van der Waals surface area contributed by atoms with Gasteiger partial charge in [0.1, 0.15) is 18.1 Å². The molecule has 1 aliphatic heterocycles. The molecule has 1 N–H and O–H groups in total. The van der Waals surface area contributed by atoms with Gasteiger partial charge in [0.25, 0.3) is 10.0 Å². The third kappa shape index (κ3) is 3.78. The van der Waals surface area contributed by atoms with E-state index in [4.69, 9.17) is 14.2 Å². The molecule has 4 rings (SSSR count). The number of nitrogens with one attached hydrogen (secondary N) is 1. The van der Waals surface area contributed by atoms with Gasteiger partial charge in [-0.15, -0.1) is 11.3 Å². The minimum atomic E-state index is -3.78. The van der Waals surface area contributed by atoms with Crippen LogP contribution in [0.4, 0.5) is 16.6 Å². The monoisotopic (exact) mass is 434 g/mol. The molecule has 0 aliphatic carbocycles. The SMILES string of the molecule is COc1cnc(N2CCOc3cc(S(=O)(=O)Nc4nccs4)ccc32)c(OC)c1. The molecular formula is C18H18N4O5S2. The van der Waals surface area contributed by atoms with E-state index in [1.54, 1.807) is 37.9 Å². The second-order valence-electron chi connectivity index (χ2n) is 5.97. The number of pyridine rings is 1. The van der Waals surface area contributed by atoms with E-state index in [1.807, 2.05) is 4.90 Å². The number of rotatable bonds is 6. The zero-order valence-electron chi connectivity index (χ0n) is 15.7. The van der Waals surface area contributed by atoms with E-state index < -0.39 is 10.0 Å². The van der Waals surface area contributed by atoms with Gasteiger partial charge in [0.15, 0.2) is 16.7 Å². The van der Waals surface area contributed by atoms with E-state index in [0.29, 0.717) is 47.0 Å². The van der Waals surface area contributed by atoms with Crippen LogP contribution in [0.25, 0.3) is 0 Å². The maximum Gasteiger partial charge on any atom is 0.263 e. The van der Waals surface area contributed by atoms with Crippen molar-refractivity contribution in [1.29, 1.82) is 0 Å². The Bertz CT molecular complexity index is 1120. The fourth-order valence-electron chi connectivity index (χ4n) is 2.92. The highest BCUT2D eigenvalue weighted by molar-refractivity contribution is 7.93. The van der Waals surface area contributed by atoms with E-state index in [1.165, 1.54) is 29.7 Å². The number of benzene rings is 1. The summed E-state index contributed by atoms with van der Waals surface area (Å²) < 4.78 is 44.1. The highest BCUT2D eigenvalue weighted by Gasteiger charge is 2.26. The van der Waals surface area contributed by atoms with Crippen LogP contribution in [0.15, 0.2) is 46.9 Å². The number of methoxy groups -OCH3 is 2. The summed E-state index contributed by atoms with van der Waals surface area (Å²) in [4.78, 5) is 10.4. The molecule has 1 aliphatic rings. The van der Waals surface area contributed by atoms with Gasteiger partial charge in [-0.05, 0) is 12.1 Å². The smallest absolute Gasteiger partial charge is 0.263 e. The maximum atomic E-state index is 12.6. The molecule has 0 fully saturated rings. The fraction of sp³-hybridized carbons (Fsp3) is 0.222. The lowest BCUT2D eigenvalue weighted by atomic mass is 10.2. The van der Waals surface area contributed by atoms with Crippen LogP contribution in [0.2, 0.25) is 0 Å². The average Bonchev–Trinajstić information content (AvgIpc) is 3.24. The van der Waals surface area contributed by atoms with E-state index in [-0.39, 0.29) is 4.90 Å². The van der Waals surface area contributed by atoms with Crippen molar-refractivity contribution in [2.45, 2.75) is 4.90 Å². The zero-order valence-corrected chi connectivity index (χ0v) is 17.3. The van der Waals surface area contributed by atoms with Crippen molar-refractivity contribution < 1.29 is 22.6 Å². The van der Waals surface area contributed by atoms with Gasteiger partial charge in [-0.3, -0.25) is 4.72 Å². The van der Waals surface area contributed by atoms with Gasteiger partial charge in [0, 0.05) is 23.7 Å². The summed E-state index contributed by atoms with van der Waals surface area (Å²) >= 11 is 1.20. The van der Waals surface area contributed by atoms with Crippen LogP contribution >= 0.6 is 11.3 Å². The van der Waals surface area contributed by atoms with Crippen LogP contribution in [0.3, 0.4) is 0 Å². The van der Waals surface area contributed by atoms with Crippen molar-refractivity contribution in [2.24, 2.45) is 0 Å². The zero-order chi connectivity index (χ0) is 20.4. The molecule has 0 saturated heterocycles. The fourth-order valence-corrected chi connectivity index (χ4v) is 4.72. The lowest BCUT2D eigenvalue weighted by Crippen LogP contribution is -2.29. The first-order valence-electron chi connectivity index (χ1n) is 8.56. The van der Waals surface area contributed by atoms with Crippen molar-refractivity contribution in [3.05, 3.63) is 42.0 Å². The Kier molecular flexibility index (Phi) is 5.16.